The van der Waals surface area contributed by atoms with Crippen LogP contribution < -0.4 is 9.47 Å². The van der Waals surface area contributed by atoms with Gasteiger partial charge in [-0.1, -0.05) is 18.2 Å². The summed E-state index contributed by atoms with van der Waals surface area (Å²) in [6.45, 7) is 1.87. The van der Waals surface area contributed by atoms with E-state index in [1.54, 1.807) is 0 Å². The van der Waals surface area contributed by atoms with Gasteiger partial charge in [0.2, 0.25) is 0 Å². The van der Waals surface area contributed by atoms with E-state index >= 15 is 0 Å². The maximum atomic E-state index is 8.57. The zero-order valence-corrected chi connectivity index (χ0v) is 10.7. The highest BCUT2D eigenvalue weighted by molar-refractivity contribution is 5.35. The van der Waals surface area contributed by atoms with Gasteiger partial charge in [-0.15, -0.1) is 0 Å². The van der Waals surface area contributed by atoms with Gasteiger partial charge < -0.3 is 9.47 Å². The Hall–Kier alpha value is -2.47. The molecule has 2 rings (SSSR count). The normalized spacial score (nSPS) is 11.4. The van der Waals surface area contributed by atoms with Crippen molar-refractivity contribution in [1.29, 1.82) is 5.26 Å². The predicted molar refractivity (Wildman–Crippen MR) is 73.3 cm³/mol. The first kappa shape index (κ1) is 13.0. The van der Waals surface area contributed by atoms with Crippen LogP contribution in [0.5, 0.6) is 17.2 Å². The van der Waals surface area contributed by atoms with Crippen molar-refractivity contribution in [2.75, 3.05) is 0 Å². The van der Waals surface area contributed by atoms with Crippen LogP contribution in [-0.2, 0) is 0 Å². The molecule has 3 heteroatoms. The number of ether oxygens (including phenoxy) is 2. The Morgan fingerprint density at radius 2 is 1.53 bits per heavy atom. The van der Waals surface area contributed by atoms with Crippen LogP contribution in [-0.4, -0.2) is 6.10 Å². The zero-order chi connectivity index (χ0) is 13.5. The fraction of sp³-hybridized carbons (Fsp3) is 0.188. The molecule has 0 fully saturated rings. The lowest BCUT2D eigenvalue weighted by Crippen LogP contribution is -2.10. The summed E-state index contributed by atoms with van der Waals surface area (Å²) in [6, 6.07) is 19.1. The highest BCUT2D eigenvalue weighted by Crippen LogP contribution is 2.24. The standard InChI is InChI=1S/C16H15NO2/c1-13(11-12-17)18-15-7-9-16(10-8-15)19-14-5-3-2-4-6-14/h2-10,13H,11H2,1H3. The Kier molecular flexibility index (Phi) is 4.41. The number of rotatable bonds is 5. The minimum absolute atomic E-state index is 0.106. The van der Waals surface area contributed by atoms with Gasteiger partial charge in [-0.2, -0.15) is 5.26 Å². The van der Waals surface area contributed by atoms with Crippen molar-refractivity contribution in [3.8, 4) is 23.3 Å². The van der Waals surface area contributed by atoms with Crippen LogP contribution in [0.25, 0.3) is 0 Å². The minimum atomic E-state index is -0.106. The Morgan fingerprint density at radius 1 is 0.947 bits per heavy atom. The molecule has 0 heterocycles. The van der Waals surface area contributed by atoms with E-state index in [1.165, 1.54) is 0 Å². The first-order valence-corrected chi connectivity index (χ1v) is 6.14. The van der Waals surface area contributed by atoms with Crippen molar-refractivity contribution in [1.82, 2.24) is 0 Å². The molecule has 3 nitrogen and oxygen atoms in total. The molecular weight excluding hydrogens is 238 g/mol. The van der Waals surface area contributed by atoms with Crippen molar-refractivity contribution < 1.29 is 9.47 Å². The summed E-state index contributed by atoms with van der Waals surface area (Å²) in [4.78, 5) is 0. The predicted octanol–water partition coefficient (Wildman–Crippen LogP) is 4.16. The SMILES string of the molecule is CC(CC#N)Oc1ccc(Oc2ccccc2)cc1. The Morgan fingerprint density at radius 3 is 2.16 bits per heavy atom. The molecule has 0 aliphatic carbocycles. The van der Waals surface area contributed by atoms with Crippen molar-refractivity contribution >= 4 is 0 Å². The third-order valence-electron chi connectivity index (χ3n) is 2.52. The first-order chi connectivity index (χ1) is 9.28. The fourth-order valence-electron chi connectivity index (χ4n) is 1.61. The molecule has 0 radical (unpaired) electrons. The third-order valence-corrected chi connectivity index (χ3v) is 2.52. The average molecular weight is 253 g/mol. The second-order valence-electron chi connectivity index (χ2n) is 4.18. The molecule has 0 bridgehead atoms. The minimum Gasteiger partial charge on any atom is -0.490 e. The topological polar surface area (TPSA) is 42.2 Å². The first-order valence-electron chi connectivity index (χ1n) is 6.14. The molecule has 0 N–H and O–H groups in total. The Balaban J connectivity index is 1.97. The number of nitriles is 1. The van der Waals surface area contributed by atoms with Crippen molar-refractivity contribution in [2.45, 2.75) is 19.4 Å². The second kappa shape index (κ2) is 6.46. The van der Waals surface area contributed by atoms with Crippen LogP contribution in [0.15, 0.2) is 54.6 Å². The Labute approximate surface area is 113 Å². The largest absolute Gasteiger partial charge is 0.490 e. The fourth-order valence-corrected chi connectivity index (χ4v) is 1.61. The third kappa shape index (κ3) is 4.04. The number of nitrogens with zero attached hydrogens (tertiary/aromatic N) is 1. The summed E-state index contributed by atoms with van der Waals surface area (Å²) in [5.74, 6) is 2.30. The molecule has 0 saturated heterocycles. The van der Waals surface area contributed by atoms with E-state index in [-0.39, 0.29) is 6.10 Å². The van der Waals surface area contributed by atoms with Crippen LogP contribution >= 0.6 is 0 Å². The van der Waals surface area contributed by atoms with Crippen LogP contribution in [0.2, 0.25) is 0 Å². The molecule has 2 aromatic rings. The lowest BCUT2D eigenvalue weighted by molar-refractivity contribution is 0.227. The van der Waals surface area contributed by atoms with Gasteiger partial charge >= 0.3 is 0 Å². The molecule has 0 aliphatic rings. The van der Waals surface area contributed by atoms with E-state index < -0.39 is 0 Å². The molecule has 19 heavy (non-hydrogen) atoms. The highest BCUT2D eigenvalue weighted by atomic mass is 16.5. The molecule has 0 aromatic heterocycles. The molecule has 2 aromatic carbocycles. The van der Waals surface area contributed by atoms with Gasteiger partial charge in [-0.25, -0.2) is 0 Å². The number of para-hydroxylation sites is 1. The monoisotopic (exact) mass is 253 g/mol. The van der Waals surface area contributed by atoms with E-state index in [2.05, 4.69) is 6.07 Å². The van der Waals surface area contributed by atoms with Gasteiger partial charge in [-0.3, -0.25) is 0 Å². The van der Waals surface area contributed by atoms with Crippen LogP contribution in [0.4, 0.5) is 0 Å². The highest BCUT2D eigenvalue weighted by Gasteiger charge is 2.03. The summed E-state index contributed by atoms with van der Waals surface area (Å²) in [5.41, 5.74) is 0. The Bertz CT molecular complexity index is 543. The van der Waals surface area contributed by atoms with E-state index in [0.717, 1.165) is 17.2 Å². The zero-order valence-electron chi connectivity index (χ0n) is 10.7. The van der Waals surface area contributed by atoms with Gasteiger partial charge in [0.05, 0.1) is 12.5 Å². The van der Waals surface area contributed by atoms with Gasteiger partial charge in [0.1, 0.15) is 23.4 Å². The molecule has 0 aliphatic heterocycles. The summed E-state index contributed by atoms with van der Waals surface area (Å²) in [6.07, 6.45) is 0.272. The van der Waals surface area contributed by atoms with Crippen LogP contribution in [0.1, 0.15) is 13.3 Å². The smallest absolute Gasteiger partial charge is 0.127 e. The van der Waals surface area contributed by atoms with Gasteiger partial charge in [0.15, 0.2) is 0 Å². The summed E-state index contributed by atoms with van der Waals surface area (Å²) < 4.78 is 11.3. The van der Waals surface area contributed by atoms with Crippen LogP contribution in [0, 0.1) is 11.3 Å². The van der Waals surface area contributed by atoms with Gasteiger partial charge in [-0.05, 0) is 43.3 Å². The molecule has 0 spiro atoms. The van der Waals surface area contributed by atoms with Crippen molar-refractivity contribution in [2.24, 2.45) is 0 Å². The molecule has 0 amide bonds. The quantitative estimate of drug-likeness (QED) is 0.803. The van der Waals surface area contributed by atoms with Gasteiger partial charge in [0, 0.05) is 0 Å². The van der Waals surface area contributed by atoms with Crippen LogP contribution in [0.3, 0.4) is 0 Å². The number of benzene rings is 2. The second-order valence-corrected chi connectivity index (χ2v) is 4.18. The molecule has 1 atom stereocenters. The van der Waals surface area contributed by atoms with E-state index in [9.17, 15) is 0 Å². The lowest BCUT2D eigenvalue weighted by atomic mass is 10.3. The molecular formula is C16H15NO2. The average Bonchev–Trinajstić information content (AvgIpc) is 2.42. The maximum absolute atomic E-state index is 8.57. The van der Waals surface area contributed by atoms with E-state index in [4.69, 9.17) is 14.7 Å². The van der Waals surface area contributed by atoms with Crippen molar-refractivity contribution in [3.63, 3.8) is 0 Å². The lowest BCUT2D eigenvalue weighted by Gasteiger charge is -2.12. The number of hydrogen-bond acceptors (Lipinski definition) is 3. The summed E-state index contributed by atoms with van der Waals surface area (Å²) >= 11 is 0. The van der Waals surface area contributed by atoms with Gasteiger partial charge in [0.25, 0.3) is 0 Å². The maximum Gasteiger partial charge on any atom is 0.127 e. The summed E-state index contributed by atoms with van der Waals surface area (Å²) in [5, 5.41) is 8.57. The van der Waals surface area contributed by atoms with E-state index in [0.29, 0.717) is 6.42 Å². The number of hydrogen-bond donors (Lipinski definition) is 0. The molecule has 1 unspecified atom stereocenters. The summed E-state index contributed by atoms with van der Waals surface area (Å²) in [7, 11) is 0. The van der Waals surface area contributed by atoms with E-state index in [1.807, 2.05) is 61.5 Å². The molecule has 96 valence electrons. The molecule has 0 saturated carbocycles. The van der Waals surface area contributed by atoms with Crippen molar-refractivity contribution in [3.05, 3.63) is 54.6 Å².